The average Bonchev–Trinajstić information content (AvgIpc) is 3.00. The SMILES string of the molecule is CC(=O)N[C@H](CC(C)C)C(=O)Nc1ccccc1CN1CCCC1. The molecule has 1 aliphatic rings. The summed E-state index contributed by atoms with van der Waals surface area (Å²) in [6.07, 6.45) is 3.11. The molecule has 5 nitrogen and oxygen atoms in total. The Hall–Kier alpha value is -1.88. The van der Waals surface area contributed by atoms with E-state index >= 15 is 0 Å². The first-order valence-corrected chi connectivity index (χ1v) is 8.84. The molecule has 1 saturated heterocycles. The van der Waals surface area contributed by atoms with Crippen LogP contribution in [-0.4, -0.2) is 35.8 Å². The summed E-state index contributed by atoms with van der Waals surface area (Å²) in [5, 5.41) is 5.78. The lowest BCUT2D eigenvalue weighted by molar-refractivity contribution is -0.125. The van der Waals surface area contributed by atoms with Crippen LogP contribution in [0.1, 0.15) is 45.6 Å². The molecule has 1 aliphatic heterocycles. The van der Waals surface area contributed by atoms with E-state index in [1.54, 1.807) is 0 Å². The molecule has 0 saturated carbocycles. The van der Waals surface area contributed by atoms with Crippen molar-refractivity contribution >= 4 is 17.5 Å². The number of likely N-dealkylation sites (tertiary alicyclic amines) is 1. The molecule has 0 spiro atoms. The number of hydrogen-bond donors (Lipinski definition) is 2. The molecule has 5 heteroatoms. The minimum atomic E-state index is -0.498. The van der Waals surface area contributed by atoms with Gasteiger partial charge in [0.25, 0.3) is 0 Å². The van der Waals surface area contributed by atoms with Gasteiger partial charge in [0, 0.05) is 19.2 Å². The van der Waals surface area contributed by atoms with E-state index in [0.717, 1.165) is 30.9 Å². The Morgan fingerprint density at radius 3 is 2.46 bits per heavy atom. The van der Waals surface area contributed by atoms with Crippen LogP contribution < -0.4 is 10.6 Å². The van der Waals surface area contributed by atoms with E-state index in [4.69, 9.17) is 0 Å². The lowest BCUT2D eigenvalue weighted by Crippen LogP contribution is -2.43. The summed E-state index contributed by atoms with van der Waals surface area (Å²) in [4.78, 5) is 26.4. The largest absolute Gasteiger partial charge is 0.345 e. The van der Waals surface area contributed by atoms with Gasteiger partial charge in [0.05, 0.1) is 0 Å². The quantitative estimate of drug-likeness (QED) is 0.807. The van der Waals surface area contributed by atoms with Gasteiger partial charge in [0.2, 0.25) is 11.8 Å². The number of rotatable bonds is 7. The summed E-state index contributed by atoms with van der Waals surface area (Å²) >= 11 is 0. The fraction of sp³-hybridized carbons (Fsp3) is 0.579. The van der Waals surface area contributed by atoms with Crippen LogP contribution in [0.15, 0.2) is 24.3 Å². The molecule has 1 aromatic rings. The number of carbonyl (C=O) groups is 2. The topological polar surface area (TPSA) is 61.4 Å². The van der Waals surface area contributed by atoms with Crippen molar-refractivity contribution in [3.8, 4) is 0 Å². The van der Waals surface area contributed by atoms with Gasteiger partial charge in [-0.25, -0.2) is 0 Å². The van der Waals surface area contributed by atoms with Gasteiger partial charge < -0.3 is 10.6 Å². The van der Waals surface area contributed by atoms with Gasteiger partial charge in [0.15, 0.2) is 0 Å². The number of hydrogen-bond acceptors (Lipinski definition) is 3. The van der Waals surface area contributed by atoms with E-state index in [2.05, 4.69) is 21.6 Å². The molecule has 0 aliphatic carbocycles. The number of nitrogens with zero attached hydrogens (tertiary/aromatic N) is 1. The van der Waals surface area contributed by atoms with Crippen molar-refractivity contribution in [1.82, 2.24) is 10.2 Å². The molecule has 2 rings (SSSR count). The van der Waals surface area contributed by atoms with E-state index in [1.165, 1.54) is 19.8 Å². The van der Waals surface area contributed by atoms with E-state index in [9.17, 15) is 9.59 Å². The zero-order chi connectivity index (χ0) is 17.5. The van der Waals surface area contributed by atoms with Gasteiger partial charge in [-0.15, -0.1) is 0 Å². The number of amides is 2. The number of nitrogens with one attached hydrogen (secondary N) is 2. The highest BCUT2D eigenvalue weighted by Gasteiger charge is 2.22. The summed E-state index contributed by atoms with van der Waals surface area (Å²) in [5.41, 5.74) is 1.97. The molecule has 1 atom stereocenters. The third kappa shape index (κ3) is 5.64. The molecule has 0 radical (unpaired) electrons. The van der Waals surface area contributed by atoms with Gasteiger partial charge >= 0.3 is 0 Å². The second-order valence-corrected chi connectivity index (χ2v) is 7.01. The van der Waals surface area contributed by atoms with Gasteiger partial charge in [-0.1, -0.05) is 32.0 Å². The first kappa shape index (κ1) is 18.5. The van der Waals surface area contributed by atoms with Crippen molar-refractivity contribution in [2.75, 3.05) is 18.4 Å². The summed E-state index contributed by atoms with van der Waals surface area (Å²) in [6.45, 7) is 8.62. The van der Waals surface area contributed by atoms with Gasteiger partial charge in [-0.3, -0.25) is 14.5 Å². The van der Waals surface area contributed by atoms with E-state index in [1.807, 2.05) is 32.0 Å². The van der Waals surface area contributed by atoms with Gasteiger partial charge in [-0.2, -0.15) is 0 Å². The predicted octanol–water partition coefficient (Wildman–Crippen LogP) is 2.77. The van der Waals surface area contributed by atoms with Crippen molar-refractivity contribution in [1.29, 1.82) is 0 Å². The van der Waals surface area contributed by atoms with E-state index < -0.39 is 6.04 Å². The minimum Gasteiger partial charge on any atom is -0.345 e. The van der Waals surface area contributed by atoms with Crippen LogP contribution in [0.5, 0.6) is 0 Å². The van der Waals surface area contributed by atoms with Crippen LogP contribution in [0, 0.1) is 5.92 Å². The minimum absolute atomic E-state index is 0.146. The van der Waals surface area contributed by atoms with Gasteiger partial charge in [-0.05, 0) is 49.9 Å². The van der Waals surface area contributed by atoms with Gasteiger partial charge in [0.1, 0.15) is 6.04 Å². The fourth-order valence-corrected chi connectivity index (χ4v) is 3.13. The maximum Gasteiger partial charge on any atom is 0.246 e. The summed E-state index contributed by atoms with van der Waals surface area (Å²) in [7, 11) is 0. The zero-order valence-corrected chi connectivity index (χ0v) is 15.0. The van der Waals surface area contributed by atoms with Crippen molar-refractivity contribution in [3.05, 3.63) is 29.8 Å². The van der Waals surface area contributed by atoms with Crippen LogP contribution in [-0.2, 0) is 16.1 Å². The highest BCUT2D eigenvalue weighted by atomic mass is 16.2. The van der Waals surface area contributed by atoms with E-state index in [0.29, 0.717) is 12.3 Å². The molecular weight excluding hydrogens is 302 g/mol. The molecule has 0 aromatic heterocycles. The van der Waals surface area contributed by atoms with Crippen LogP contribution in [0.25, 0.3) is 0 Å². The Morgan fingerprint density at radius 1 is 1.17 bits per heavy atom. The summed E-state index contributed by atoms with van der Waals surface area (Å²) < 4.78 is 0. The fourth-order valence-electron chi connectivity index (χ4n) is 3.13. The molecule has 2 N–H and O–H groups in total. The number of carbonyl (C=O) groups excluding carboxylic acids is 2. The second kappa shape index (κ2) is 8.83. The normalized spacial score (nSPS) is 16.2. The summed E-state index contributed by atoms with van der Waals surface area (Å²) in [5.74, 6) is 0.00127. The maximum atomic E-state index is 12.6. The highest BCUT2D eigenvalue weighted by Crippen LogP contribution is 2.20. The van der Waals surface area contributed by atoms with Crippen molar-refractivity contribution < 1.29 is 9.59 Å². The Balaban J connectivity index is 2.07. The average molecular weight is 331 g/mol. The van der Waals surface area contributed by atoms with E-state index in [-0.39, 0.29) is 11.8 Å². The van der Waals surface area contributed by atoms with Crippen molar-refractivity contribution in [2.45, 2.75) is 52.6 Å². The molecule has 24 heavy (non-hydrogen) atoms. The first-order valence-electron chi connectivity index (χ1n) is 8.84. The monoisotopic (exact) mass is 331 g/mol. The third-order valence-electron chi connectivity index (χ3n) is 4.27. The van der Waals surface area contributed by atoms with Crippen LogP contribution in [0.3, 0.4) is 0 Å². The third-order valence-corrected chi connectivity index (χ3v) is 4.27. The summed E-state index contributed by atoms with van der Waals surface area (Å²) in [6, 6.07) is 7.43. The van der Waals surface area contributed by atoms with Crippen LogP contribution in [0.2, 0.25) is 0 Å². The number of anilines is 1. The second-order valence-electron chi connectivity index (χ2n) is 7.01. The molecule has 2 amide bonds. The molecule has 0 bridgehead atoms. The predicted molar refractivity (Wildman–Crippen MR) is 96.6 cm³/mol. The molecular formula is C19H29N3O2. The van der Waals surface area contributed by atoms with Crippen molar-refractivity contribution in [2.24, 2.45) is 5.92 Å². The highest BCUT2D eigenvalue weighted by molar-refractivity contribution is 5.97. The number of benzene rings is 1. The van der Waals surface area contributed by atoms with Crippen LogP contribution in [0.4, 0.5) is 5.69 Å². The number of para-hydroxylation sites is 1. The standard InChI is InChI=1S/C19H29N3O2/c1-14(2)12-18(20-15(3)23)19(24)21-17-9-5-4-8-16(17)13-22-10-6-7-11-22/h4-5,8-9,14,18H,6-7,10-13H2,1-3H3,(H,20,23)(H,21,24)/t18-/m1/s1. The molecule has 1 heterocycles. The molecule has 132 valence electrons. The lowest BCUT2D eigenvalue weighted by atomic mass is 10.0. The Morgan fingerprint density at radius 2 is 1.83 bits per heavy atom. The van der Waals surface area contributed by atoms with Crippen molar-refractivity contribution in [3.63, 3.8) is 0 Å². The molecule has 1 aromatic carbocycles. The smallest absolute Gasteiger partial charge is 0.246 e. The molecule has 0 unspecified atom stereocenters. The first-order chi connectivity index (χ1) is 11.5. The Bertz CT molecular complexity index is 565. The van der Waals surface area contributed by atoms with Crippen LogP contribution >= 0.6 is 0 Å². The maximum absolute atomic E-state index is 12.6. The Labute approximate surface area is 144 Å². The Kier molecular flexibility index (Phi) is 6.79. The molecule has 1 fully saturated rings. The zero-order valence-electron chi connectivity index (χ0n) is 15.0. The lowest BCUT2D eigenvalue weighted by Gasteiger charge is -2.22.